The summed E-state index contributed by atoms with van der Waals surface area (Å²) in [4.78, 5) is 26.9. The summed E-state index contributed by atoms with van der Waals surface area (Å²) in [5.74, 6) is 0.200. The molecule has 1 aromatic heterocycles. The minimum atomic E-state index is -0.497. The first kappa shape index (κ1) is 11.0. The SMILES string of the molecule is NC(=O)C=Cc1cnc2c(c1)C1(CCC1)C(=O)N2. The van der Waals surface area contributed by atoms with Gasteiger partial charge in [-0.25, -0.2) is 4.98 Å². The number of nitrogens with one attached hydrogen (secondary N) is 1. The van der Waals surface area contributed by atoms with Crippen molar-refractivity contribution < 1.29 is 9.59 Å². The van der Waals surface area contributed by atoms with Crippen LogP contribution >= 0.6 is 0 Å². The van der Waals surface area contributed by atoms with E-state index < -0.39 is 5.91 Å². The Morgan fingerprint density at radius 2 is 2.28 bits per heavy atom. The summed E-state index contributed by atoms with van der Waals surface area (Å²) in [6.07, 6.45) is 7.34. The Morgan fingerprint density at radius 1 is 1.50 bits per heavy atom. The molecule has 2 heterocycles. The van der Waals surface area contributed by atoms with Gasteiger partial charge in [-0.2, -0.15) is 0 Å². The summed E-state index contributed by atoms with van der Waals surface area (Å²) in [7, 11) is 0. The number of anilines is 1. The maximum absolute atomic E-state index is 12.0. The lowest BCUT2D eigenvalue weighted by Gasteiger charge is -2.35. The average Bonchev–Trinajstić information content (AvgIpc) is 2.57. The molecule has 5 heteroatoms. The molecule has 2 aliphatic rings. The van der Waals surface area contributed by atoms with Crippen molar-refractivity contribution in [1.29, 1.82) is 0 Å². The Balaban J connectivity index is 2.01. The van der Waals surface area contributed by atoms with Gasteiger partial charge < -0.3 is 11.1 Å². The maximum atomic E-state index is 12.0. The molecule has 0 radical (unpaired) electrons. The molecule has 1 fully saturated rings. The van der Waals surface area contributed by atoms with Crippen LogP contribution in [0.15, 0.2) is 18.3 Å². The van der Waals surface area contributed by atoms with Crippen LogP contribution in [0.2, 0.25) is 0 Å². The zero-order valence-corrected chi connectivity index (χ0v) is 9.77. The number of primary amides is 1. The second-order valence-corrected chi connectivity index (χ2v) is 4.79. The highest BCUT2D eigenvalue weighted by Crippen LogP contribution is 2.50. The van der Waals surface area contributed by atoms with Crippen LogP contribution in [0.3, 0.4) is 0 Å². The summed E-state index contributed by atoms with van der Waals surface area (Å²) in [5, 5.41) is 2.82. The molecule has 0 aromatic carbocycles. The van der Waals surface area contributed by atoms with Gasteiger partial charge in [-0.3, -0.25) is 9.59 Å². The highest BCUT2D eigenvalue weighted by Gasteiger charge is 2.51. The zero-order valence-electron chi connectivity index (χ0n) is 9.77. The van der Waals surface area contributed by atoms with Gasteiger partial charge >= 0.3 is 0 Å². The highest BCUT2D eigenvalue weighted by molar-refractivity contribution is 6.06. The Kier molecular flexibility index (Phi) is 2.23. The molecule has 0 atom stereocenters. The number of carbonyl (C=O) groups excluding carboxylic acids is 2. The van der Waals surface area contributed by atoms with Gasteiger partial charge in [0.1, 0.15) is 5.82 Å². The minimum absolute atomic E-state index is 0.0484. The lowest BCUT2D eigenvalue weighted by atomic mass is 9.65. The Labute approximate surface area is 104 Å². The molecular formula is C13H13N3O2. The fourth-order valence-electron chi connectivity index (χ4n) is 2.59. The molecule has 18 heavy (non-hydrogen) atoms. The Bertz CT molecular complexity index is 574. The van der Waals surface area contributed by atoms with Crippen molar-refractivity contribution in [2.75, 3.05) is 5.32 Å². The molecule has 0 saturated heterocycles. The van der Waals surface area contributed by atoms with Crippen molar-refractivity contribution in [2.45, 2.75) is 24.7 Å². The highest BCUT2D eigenvalue weighted by atomic mass is 16.2. The predicted octanol–water partition coefficient (Wildman–Crippen LogP) is 0.954. The first-order valence-electron chi connectivity index (χ1n) is 5.91. The largest absolute Gasteiger partial charge is 0.366 e. The van der Waals surface area contributed by atoms with Gasteiger partial charge in [-0.15, -0.1) is 0 Å². The van der Waals surface area contributed by atoms with Crippen molar-refractivity contribution in [3.8, 4) is 0 Å². The van der Waals surface area contributed by atoms with Gasteiger partial charge in [0.25, 0.3) is 0 Å². The number of hydrogen-bond donors (Lipinski definition) is 2. The first-order valence-corrected chi connectivity index (χ1v) is 5.91. The van der Waals surface area contributed by atoms with Crippen LogP contribution in [0.4, 0.5) is 5.82 Å². The van der Waals surface area contributed by atoms with Crippen molar-refractivity contribution in [3.63, 3.8) is 0 Å². The van der Waals surface area contributed by atoms with E-state index in [-0.39, 0.29) is 11.3 Å². The first-order chi connectivity index (χ1) is 8.62. The third kappa shape index (κ3) is 1.44. The minimum Gasteiger partial charge on any atom is -0.366 e. The van der Waals surface area contributed by atoms with E-state index >= 15 is 0 Å². The number of amides is 2. The number of hydrogen-bond acceptors (Lipinski definition) is 3. The smallest absolute Gasteiger partial charge is 0.241 e. The quantitative estimate of drug-likeness (QED) is 0.758. The summed E-state index contributed by atoms with van der Waals surface area (Å²) in [6, 6.07) is 1.92. The number of fused-ring (bicyclic) bond motifs is 2. The molecule has 1 spiro atoms. The van der Waals surface area contributed by atoms with Gasteiger partial charge in [-0.1, -0.05) is 6.42 Å². The average molecular weight is 243 g/mol. The van der Waals surface area contributed by atoms with Gasteiger partial charge in [0.05, 0.1) is 5.41 Å². The number of carbonyl (C=O) groups is 2. The van der Waals surface area contributed by atoms with Crippen LogP contribution in [0, 0.1) is 0 Å². The number of aromatic nitrogens is 1. The fourth-order valence-corrected chi connectivity index (χ4v) is 2.59. The van der Waals surface area contributed by atoms with Gasteiger partial charge in [0, 0.05) is 17.8 Å². The summed E-state index contributed by atoms with van der Waals surface area (Å²) in [5.41, 5.74) is 6.41. The molecule has 3 rings (SSSR count). The maximum Gasteiger partial charge on any atom is 0.241 e. The van der Waals surface area contributed by atoms with Crippen molar-refractivity contribution in [3.05, 3.63) is 29.5 Å². The summed E-state index contributed by atoms with van der Waals surface area (Å²) in [6.45, 7) is 0. The van der Waals surface area contributed by atoms with Crippen LogP contribution in [0.1, 0.15) is 30.4 Å². The van der Waals surface area contributed by atoms with E-state index in [1.807, 2.05) is 6.07 Å². The third-order valence-electron chi connectivity index (χ3n) is 3.74. The third-order valence-corrected chi connectivity index (χ3v) is 3.74. The van der Waals surface area contributed by atoms with Crippen molar-refractivity contribution in [2.24, 2.45) is 5.73 Å². The number of nitrogens with zero attached hydrogens (tertiary/aromatic N) is 1. The Hall–Kier alpha value is -2.17. The second-order valence-electron chi connectivity index (χ2n) is 4.79. The lowest BCUT2D eigenvalue weighted by molar-refractivity contribution is -0.123. The van der Waals surface area contributed by atoms with E-state index in [4.69, 9.17) is 5.73 Å². The monoisotopic (exact) mass is 243 g/mol. The van der Waals surface area contributed by atoms with E-state index in [9.17, 15) is 9.59 Å². The van der Waals surface area contributed by atoms with Crippen LogP contribution in [-0.2, 0) is 15.0 Å². The number of pyridine rings is 1. The fraction of sp³-hybridized carbons (Fsp3) is 0.308. The van der Waals surface area contributed by atoms with Gasteiger partial charge in [0.15, 0.2) is 0 Å². The molecule has 92 valence electrons. The van der Waals surface area contributed by atoms with E-state index in [0.717, 1.165) is 30.4 Å². The second kappa shape index (κ2) is 3.66. The molecule has 0 bridgehead atoms. The van der Waals surface area contributed by atoms with Crippen molar-refractivity contribution in [1.82, 2.24) is 4.98 Å². The van der Waals surface area contributed by atoms with Crippen LogP contribution in [0.25, 0.3) is 6.08 Å². The normalized spacial score (nSPS) is 19.7. The molecule has 1 aromatic rings. The van der Waals surface area contributed by atoms with Crippen LogP contribution < -0.4 is 11.1 Å². The predicted molar refractivity (Wildman–Crippen MR) is 66.6 cm³/mol. The van der Waals surface area contributed by atoms with Crippen LogP contribution in [-0.4, -0.2) is 16.8 Å². The molecule has 1 aliphatic heterocycles. The van der Waals surface area contributed by atoms with E-state index in [1.54, 1.807) is 12.3 Å². The Morgan fingerprint density at radius 3 is 2.89 bits per heavy atom. The van der Waals surface area contributed by atoms with Crippen molar-refractivity contribution >= 4 is 23.7 Å². The molecule has 0 unspecified atom stereocenters. The van der Waals surface area contributed by atoms with Crippen LogP contribution in [0.5, 0.6) is 0 Å². The van der Waals surface area contributed by atoms with E-state index in [1.165, 1.54) is 6.08 Å². The van der Waals surface area contributed by atoms with Gasteiger partial charge in [0.2, 0.25) is 11.8 Å². The van der Waals surface area contributed by atoms with E-state index in [2.05, 4.69) is 10.3 Å². The van der Waals surface area contributed by atoms with Gasteiger partial charge in [-0.05, 0) is 30.5 Å². The summed E-state index contributed by atoms with van der Waals surface area (Å²) < 4.78 is 0. The molecule has 5 nitrogen and oxygen atoms in total. The molecule has 2 amide bonds. The molecule has 1 saturated carbocycles. The number of nitrogens with two attached hydrogens (primary N) is 1. The standard InChI is InChI=1S/C13H13N3O2/c14-10(17)3-2-8-6-9-11(15-7-8)16-12(18)13(9)4-1-5-13/h2-3,6-7H,1,4-5H2,(H2,14,17)(H,15,16,18). The topological polar surface area (TPSA) is 85.1 Å². The van der Waals surface area contributed by atoms with E-state index in [0.29, 0.717) is 5.82 Å². The molecule has 3 N–H and O–H groups in total. The lowest BCUT2D eigenvalue weighted by Crippen LogP contribution is -2.40. The molecular weight excluding hydrogens is 230 g/mol. The number of rotatable bonds is 2. The summed E-state index contributed by atoms with van der Waals surface area (Å²) >= 11 is 0. The molecule has 1 aliphatic carbocycles. The zero-order chi connectivity index (χ0) is 12.8.